The van der Waals surface area contributed by atoms with E-state index in [1.165, 1.54) is 17.3 Å². The second-order valence-corrected chi connectivity index (χ2v) is 9.23. The van der Waals surface area contributed by atoms with E-state index >= 15 is 0 Å². The van der Waals surface area contributed by atoms with Crippen molar-refractivity contribution in [1.82, 2.24) is 14.8 Å². The molecule has 6 nitrogen and oxygen atoms in total. The Hall–Kier alpha value is -4.10. The Kier molecular flexibility index (Phi) is 7.28. The van der Waals surface area contributed by atoms with Crippen LogP contribution in [0.4, 0.5) is 5.69 Å². The highest BCUT2D eigenvalue weighted by atomic mass is 32.2. The molecule has 0 saturated heterocycles. The number of methoxy groups -OCH3 is 1. The van der Waals surface area contributed by atoms with Crippen molar-refractivity contribution in [2.24, 2.45) is 0 Å². The molecule has 5 rings (SSSR count). The van der Waals surface area contributed by atoms with E-state index in [0.717, 1.165) is 40.0 Å². The maximum atomic E-state index is 12.9. The minimum absolute atomic E-state index is 0.0834. The molecule has 36 heavy (non-hydrogen) atoms. The Bertz CT molecular complexity index is 1460. The number of carbonyl (C=O) groups excluding carboxylic acids is 1. The molecular formula is C29H26N4O2S. The lowest BCUT2D eigenvalue weighted by Gasteiger charge is -2.11. The number of aryl methyl sites for hydroxylation is 1. The van der Waals surface area contributed by atoms with Crippen LogP contribution in [0.2, 0.25) is 0 Å². The van der Waals surface area contributed by atoms with Crippen LogP contribution < -0.4 is 10.1 Å². The number of nitrogens with zero attached hydrogens (tertiary/aromatic N) is 3. The first kappa shape index (κ1) is 23.6. The van der Waals surface area contributed by atoms with E-state index in [0.29, 0.717) is 11.7 Å². The zero-order chi connectivity index (χ0) is 24.7. The fourth-order valence-corrected chi connectivity index (χ4v) is 4.85. The Balaban J connectivity index is 1.34. The maximum Gasteiger partial charge on any atom is 0.234 e. The first-order chi connectivity index (χ1) is 17.7. The lowest BCUT2D eigenvalue weighted by Crippen LogP contribution is -2.15. The van der Waals surface area contributed by atoms with Crippen LogP contribution in [0.25, 0.3) is 22.2 Å². The van der Waals surface area contributed by atoms with Gasteiger partial charge in [-0.2, -0.15) is 0 Å². The second-order valence-electron chi connectivity index (χ2n) is 8.29. The number of fused-ring (bicyclic) bond motifs is 1. The molecule has 0 aliphatic heterocycles. The monoisotopic (exact) mass is 494 g/mol. The van der Waals surface area contributed by atoms with Crippen LogP contribution in [-0.2, 0) is 17.8 Å². The van der Waals surface area contributed by atoms with Gasteiger partial charge in [-0.15, -0.1) is 10.2 Å². The van der Waals surface area contributed by atoms with E-state index in [-0.39, 0.29) is 11.7 Å². The van der Waals surface area contributed by atoms with Gasteiger partial charge in [0.15, 0.2) is 11.0 Å². The van der Waals surface area contributed by atoms with Gasteiger partial charge in [-0.3, -0.25) is 4.79 Å². The molecule has 5 aromatic rings. The lowest BCUT2D eigenvalue weighted by atomic mass is 10.1. The highest BCUT2D eigenvalue weighted by Gasteiger charge is 2.16. The molecule has 0 saturated carbocycles. The van der Waals surface area contributed by atoms with Crippen LogP contribution in [0.15, 0.2) is 102 Å². The molecule has 1 N–H and O–H groups in total. The molecule has 0 spiro atoms. The predicted molar refractivity (Wildman–Crippen MR) is 145 cm³/mol. The van der Waals surface area contributed by atoms with E-state index < -0.39 is 0 Å². The average molecular weight is 495 g/mol. The van der Waals surface area contributed by atoms with Crippen LogP contribution in [0.5, 0.6) is 5.75 Å². The van der Waals surface area contributed by atoms with Crippen LogP contribution in [-0.4, -0.2) is 33.5 Å². The van der Waals surface area contributed by atoms with Gasteiger partial charge in [0.25, 0.3) is 0 Å². The van der Waals surface area contributed by atoms with Gasteiger partial charge < -0.3 is 14.6 Å². The Morgan fingerprint density at radius 1 is 0.889 bits per heavy atom. The summed E-state index contributed by atoms with van der Waals surface area (Å²) in [7, 11) is 1.65. The van der Waals surface area contributed by atoms with Gasteiger partial charge in [-0.1, -0.05) is 78.5 Å². The predicted octanol–water partition coefficient (Wildman–Crippen LogP) is 6.08. The molecule has 1 amide bonds. The summed E-state index contributed by atoms with van der Waals surface area (Å²) in [4.78, 5) is 12.9. The molecular weight excluding hydrogens is 468 g/mol. The van der Waals surface area contributed by atoms with Gasteiger partial charge in [0, 0.05) is 23.2 Å². The van der Waals surface area contributed by atoms with Crippen molar-refractivity contribution in [3.05, 3.63) is 103 Å². The van der Waals surface area contributed by atoms with Crippen LogP contribution in [0.1, 0.15) is 5.56 Å². The highest BCUT2D eigenvalue weighted by Crippen LogP contribution is 2.27. The fraction of sp³-hybridized carbons (Fsp3) is 0.138. The quantitative estimate of drug-likeness (QED) is 0.252. The third-order valence-corrected chi connectivity index (χ3v) is 6.89. The Morgan fingerprint density at radius 2 is 1.64 bits per heavy atom. The molecule has 0 atom stereocenters. The van der Waals surface area contributed by atoms with Gasteiger partial charge in [0.05, 0.1) is 12.9 Å². The zero-order valence-corrected chi connectivity index (χ0v) is 20.7. The normalized spacial score (nSPS) is 10.9. The van der Waals surface area contributed by atoms with Gasteiger partial charge >= 0.3 is 0 Å². The minimum Gasteiger partial charge on any atom is -0.497 e. The third kappa shape index (κ3) is 5.42. The number of anilines is 1. The zero-order valence-electron chi connectivity index (χ0n) is 19.9. The minimum atomic E-state index is -0.0834. The number of benzene rings is 4. The van der Waals surface area contributed by atoms with Crippen molar-refractivity contribution in [3.63, 3.8) is 0 Å². The van der Waals surface area contributed by atoms with Crippen molar-refractivity contribution in [2.75, 3.05) is 18.2 Å². The molecule has 1 heterocycles. The lowest BCUT2D eigenvalue weighted by molar-refractivity contribution is -0.113. The number of hydrogen-bond donors (Lipinski definition) is 1. The summed E-state index contributed by atoms with van der Waals surface area (Å²) in [5.74, 6) is 1.70. The number of rotatable bonds is 9. The number of hydrogen-bond acceptors (Lipinski definition) is 5. The number of carbonyl (C=O) groups is 1. The molecule has 0 radical (unpaired) electrons. The number of aromatic nitrogens is 3. The topological polar surface area (TPSA) is 69.0 Å². The summed E-state index contributed by atoms with van der Waals surface area (Å²) in [6.45, 7) is 0.700. The molecule has 0 unspecified atom stereocenters. The Morgan fingerprint density at radius 3 is 2.44 bits per heavy atom. The largest absolute Gasteiger partial charge is 0.497 e. The Labute approximate surface area is 214 Å². The SMILES string of the molecule is COc1ccc(-c2nnc(SCC(=O)Nc3cccc4ccccc34)n2CCc2ccccc2)cc1. The number of nitrogens with one attached hydrogen (secondary N) is 1. The molecule has 1 aromatic heterocycles. The van der Waals surface area contributed by atoms with Crippen molar-refractivity contribution >= 4 is 34.1 Å². The summed E-state index contributed by atoms with van der Waals surface area (Å²) in [6.07, 6.45) is 0.831. The van der Waals surface area contributed by atoms with E-state index in [1.54, 1.807) is 7.11 Å². The van der Waals surface area contributed by atoms with Crippen LogP contribution >= 0.6 is 11.8 Å². The maximum absolute atomic E-state index is 12.9. The van der Waals surface area contributed by atoms with E-state index in [4.69, 9.17) is 4.74 Å². The number of thioether (sulfide) groups is 1. The molecule has 0 aliphatic rings. The van der Waals surface area contributed by atoms with E-state index in [9.17, 15) is 4.79 Å². The second kappa shape index (κ2) is 11.1. The molecule has 180 valence electrons. The summed E-state index contributed by atoms with van der Waals surface area (Å²) in [6, 6.07) is 32.0. The van der Waals surface area contributed by atoms with E-state index in [1.807, 2.05) is 84.9 Å². The van der Waals surface area contributed by atoms with Crippen molar-refractivity contribution in [3.8, 4) is 17.1 Å². The fourth-order valence-electron chi connectivity index (χ4n) is 4.09. The molecule has 4 aromatic carbocycles. The molecule has 0 aliphatic carbocycles. The van der Waals surface area contributed by atoms with Gasteiger partial charge in [0.1, 0.15) is 5.75 Å². The van der Waals surface area contributed by atoms with Crippen molar-refractivity contribution < 1.29 is 9.53 Å². The third-order valence-electron chi connectivity index (χ3n) is 5.93. The molecule has 0 bridgehead atoms. The number of amides is 1. The van der Waals surface area contributed by atoms with Crippen molar-refractivity contribution in [2.45, 2.75) is 18.1 Å². The van der Waals surface area contributed by atoms with Gasteiger partial charge in [-0.25, -0.2) is 0 Å². The first-order valence-corrected chi connectivity index (χ1v) is 12.7. The van der Waals surface area contributed by atoms with Gasteiger partial charge in [-0.05, 0) is 47.7 Å². The standard InChI is InChI=1S/C29H26N4O2S/c1-35-24-16-14-23(15-17-24)28-31-32-29(33(28)19-18-21-8-3-2-4-9-21)36-20-27(34)30-26-13-7-11-22-10-5-6-12-25(22)26/h2-17H,18-20H2,1H3,(H,30,34). The smallest absolute Gasteiger partial charge is 0.234 e. The summed E-state index contributed by atoms with van der Waals surface area (Å²) in [5.41, 5.74) is 2.99. The number of ether oxygens (including phenoxy) is 1. The van der Waals surface area contributed by atoms with Crippen molar-refractivity contribution in [1.29, 1.82) is 0 Å². The summed E-state index contributed by atoms with van der Waals surface area (Å²) < 4.78 is 7.38. The first-order valence-electron chi connectivity index (χ1n) is 11.7. The summed E-state index contributed by atoms with van der Waals surface area (Å²) in [5, 5.41) is 14.8. The van der Waals surface area contributed by atoms with Gasteiger partial charge in [0.2, 0.25) is 5.91 Å². The molecule has 7 heteroatoms. The van der Waals surface area contributed by atoms with Crippen LogP contribution in [0.3, 0.4) is 0 Å². The highest BCUT2D eigenvalue weighted by molar-refractivity contribution is 7.99. The summed E-state index contributed by atoms with van der Waals surface area (Å²) >= 11 is 1.39. The molecule has 0 fully saturated rings. The average Bonchev–Trinajstić information content (AvgIpc) is 3.34. The van der Waals surface area contributed by atoms with Crippen LogP contribution in [0, 0.1) is 0 Å². The van der Waals surface area contributed by atoms with E-state index in [2.05, 4.69) is 32.2 Å².